The monoisotopic (exact) mass is 881 g/mol. The first-order valence-electron chi connectivity index (χ1n) is 23.6. The number of hydrogen-bond donors (Lipinski definition) is 2. The summed E-state index contributed by atoms with van der Waals surface area (Å²) >= 11 is 0. The number of para-hydroxylation sites is 4. The highest BCUT2D eigenvalue weighted by molar-refractivity contribution is 6.15. The van der Waals surface area contributed by atoms with Crippen LogP contribution in [-0.4, -0.2) is 4.57 Å². The minimum absolute atomic E-state index is 0.960. The van der Waals surface area contributed by atoms with Crippen LogP contribution in [0.25, 0.3) is 94.3 Å². The van der Waals surface area contributed by atoms with Gasteiger partial charge in [-0.25, -0.2) is 0 Å². The highest BCUT2D eigenvalue weighted by atomic mass is 15.0. The lowest BCUT2D eigenvalue weighted by atomic mass is 9.93. The summed E-state index contributed by atoms with van der Waals surface area (Å²) in [5.74, 6) is 0. The fourth-order valence-electron chi connectivity index (χ4n) is 9.98. The molecule has 12 aromatic rings. The van der Waals surface area contributed by atoms with Crippen LogP contribution in [0.4, 0.5) is 22.7 Å². The fraction of sp³-hybridized carbons (Fsp3) is 0. The smallest absolute Gasteiger partial charge is 0.0619 e. The predicted octanol–water partition coefficient (Wildman–Crippen LogP) is 18.3. The highest BCUT2D eigenvalue weighted by Gasteiger charge is 2.21. The summed E-state index contributed by atoms with van der Waals surface area (Å²) in [6.07, 6.45) is 0. The molecule has 0 aliphatic carbocycles. The van der Waals surface area contributed by atoms with Gasteiger partial charge in [-0.3, -0.25) is 0 Å². The Hall–Kier alpha value is -9.18. The minimum Gasteiger partial charge on any atom is -0.354 e. The zero-order chi connectivity index (χ0) is 45.9. The highest BCUT2D eigenvalue weighted by Crippen LogP contribution is 2.45. The van der Waals surface area contributed by atoms with Crippen LogP contribution in [0.3, 0.4) is 0 Å². The Morgan fingerprint density at radius 2 is 0.609 bits per heavy atom. The Morgan fingerprint density at radius 3 is 1.04 bits per heavy atom. The minimum atomic E-state index is 0.960. The summed E-state index contributed by atoms with van der Waals surface area (Å²) < 4.78 is 2.43. The fourth-order valence-corrected chi connectivity index (χ4v) is 9.98. The van der Waals surface area contributed by atoms with Crippen molar-refractivity contribution in [1.82, 2.24) is 4.57 Å². The molecule has 1 heterocycles. The van der Waals surface area contributed by atoms with Crippen molar-refractivity contribution >= 4 is 44.6 Å². The van der Waals surface area contributed by atoms with Crippen molar-refractivity contribution in [3.8, 4) is 72.4 Å². The normalized spacial score (nSPS) is 11.2. The lowest BCUT2D eigenvalue weighted by Gasteiger charge is -2.21. The van der Waals surface area contributed by atoms with Gasteiger partial charge < -0.3 is 15.2 Å². The molecule has 0 saturated carbocycles. The van der Waals surface area contributed by atoms with Crippen molar-refractivity contribution in [2.24, 2.45) is 0 Å². The predicted molar refractivity (Wildman–Crippen MR) is 293 cm³/mol. The van der Waals surface area contributed by atoms with E-state index >= 15 is 0 Å². The van der Waals surface area contributed by atoms with Gasteiger partial charge in [0.2, 0.25) is 0 Å². The average molecular weight is 882 g/mol. The van der Waals surface area contributed by atoms with Gasteiger partial charge in [0.15, 0.2) is 0 Å². The lowest BCUT2D eigenvalue weighted by molar-refractivity contribution is 1.18. The molecular formula is C66H47N3. The third kappa shape index (κ3) is 8.03. The molecule has 0 aliphatic rings. The van der Waals surface area contributed by atoms with E-state index in [1.165, 1.54) is 21.8 Å². The molecule has 0 fully saturated rings. The molecule has 1 aromatic heterocycles. The van der Waals surface area contributed by atoms with E-state index in [0.29, 0.717) is 0 Å². The Morgan fingerprint density at radius 1 is 0.246 bits per heavy atom. The van der Waals surface area contributed by atoms with Crippen LogP contribution in [0.2, 0.25) is 0 Å². The summed E-state index contributed by atoms with van der Waals surface area (Å²) in [6.45, 7) is 0. The topological polar surface area (TPSA) is 29.0 Å². The SMILES string of the molecule is c1ccc(-c2cccc(-c3ccccc3)c2Nc2cc(Nc3c(-c4ccccc4)cccc3-c3ccccc3)cc(-c3cc(-c4ccccc4)c4c(c3)c3ccccc3n4-c3ccccc3)c2)cc1. The molecule has 0 aliphatic heterocycles. The Bertz CT molecular complexity index is 3470. The van der Waals surface area contributed by atoms with Crippen LogP contribution in [0.5, 0.6) is 0 Å². The van der Waals surface area contributed by atoms with E-state index in [-0.39, 0.29) is 0 Å². The molecule has 2 N–H and O–H groups in total. The van der Waals surface area contributed by atoms with Crippen LogP contribution in [-0.2, 0) is 0 Å². The molecule has 0 atom stereocenters. The number of nitrogens with one attached hydrogen (secondary N) is 2. The maximum Gasteiger partial charge on any atom is 0.0619 e. The number of rotatable bonds is 11. The van der Waals surface area contributed by atoms with Gasteiger partial charge in [0, 0.05) is 55.7 Å². The van der Waals surface area contributed by atoms with E-state index in [4.69, 9.17) is 0 Å². The molecular weight excluding hydrogens is 835 g/mol. The number of nitrogens with zero attached hydrogens (tertiary/aromatic N) is 1. The third-order valence-electron chi connectivity index (χ3n) is 13.1. The third-order valence-corrected chi connectivity index (χ3v) is 13.1. The van der Waals surface area contributed by atoms with Crippen molar-refractivity contribution < 1.29 is 0 Å². The van der Waals surface area contributed by atoms with E-state index in [0.717, 1.165) is 95.2 Å². The second-order valence-electron chi connectivity index (χ2n) is 17.4. The Kier molecular flexibility index (Phi) is 10.9. The molecule has 3 nitrogen and oxygen atoms in total. The molecule has 69 heavy (non-hydrogen) atoms. The zero-order valence-electron chi connectivity index (χ0n) is 37.9. The van der Waals surface area contributed by atoms with Crippen molar-refractivity contribution in [1.29, 1.82) is 0 Å². The van der Waals surface area contributed by atoms with E-state index in [1.54, 1.807) is 0 Å². The molecule has 0 bridgehead atoms. The van der Waals surface area contributed by atoms with Crippen molar-refractivity contribution in [3.63, 3.8) is 0 Å². The quantitative estimate of drug-likeness (QED) is 0.136. The molecule has 0 spiro atoms. The van der Waals surface area contributed by atoms with Crippen molar-refractivity contribution in [3.05, 3.63) is 273 Å². The first-order valence-corrected chi connectivity index (χ1v) is 23.6. The standard InChI is InChI=1S/C66H47N3/c1-7-23-46(24-8-1)56-36-21-37-57(47-25-9-2-10-26-47)64(56)67-53-41-51(42-54(45-53)68-65-58(48-27-11-3-12-28-48)38-22-39-59(65)49-29-13-4-14-30-49)52-43-61(50-31-15-5-16-32-50)66-62(44-52)60-35-19-20-40-63(60)69(66)55-33-17-6-18-34-55/h1-45,67-68H. The zero-order valence-corrected chi connectivity index (χ0v) is 37.9. The molecule has 326 valence electrons. The van der Waals surface area contributed by atoms with Gasteiger partial charge in [0.05, 0.1) is 22.4 Å². The molecule has 0 saturated heterocycles. The van der Waals surface area contributed by atoms with Crippen LogP contribution < -0.4 is 10.6 Å². The van der Waals surface area contributed by atoms with Crippen LogP contribution >= 0.6 is 0 Å². The maximum atomic E-state index is 4.06. The van der Waals surface area contributed by atoms with Gasteiger partial charge in [0.25, 0.3) is 0 Å². The van der Waals surface area contributed by atoms with E-state index < -0.39 is 0 Å². The van der Waals surface area contributed by atoms with Crippen LogP contribution in [0, 0.1) is 0 Å². The first-order chi connectivity index (χ1) is 34.2. The lowest BCUT2D eigenvalue weighted by Crippen LogP contribution is -2.01. The molecule has 0 amide bonds. The molecule has 0 unspecified atom stereocenters. The Labute approximate surface area is 403 Å². The van der Waals surface area contributed by atoms with Crippen LogP contribution in [0.1, 0.15) is 0 Å². The number of anilines is 4. The number of benzene rings is 11. The van der Waals surface area contributed by atoms with Gasteiger partial charge in [-0.2, -0.15) is 0 Å². The first kappa shape index (κ1) is 41.3. The summed E-state index contributed by atoms with van der Waals surface area (Å²) in [6, 6.07) is 98.0. The number of fused-ring (bicyclic) bond motifs is 3. The average Bonchev–Trinajstić information content (AvgIpc) is 3.76. The molecule has 11 aromatic carbocycles. The van der Waals surface area contributed by atoms with Crippen LogP contribution in [0.15, 0.2) is 273 Å². The van der Waals surface area contributed by atoms with Gasteiger partial charge in [-0.1, -0.05) is 224 Å². The second-order valence-corrected chi connectivity index (χ2v) is 17.4. The number of aromatic nitrogens is 1. The molecule has 0 radical (unpaired) electrons. The second kappa shape index (κ2) is 18.2. The van der Waals surface area contributed by atoms with Crippen molar-refractivity contribution in [2.45, 2.75) is 0 Å². The summed E-state index contributed by atoms with van der Waals surface area (Å²) in [4.78, 5) is 0. The largest absolute Gasteiger partial charge is 0.354 e. The summed E-state index contributed by atoms with van der Waals surface area (Å²) in [5, 5.41) is 10.5. The van der Waals surface area contributed by atoms with E-state index in [1.807, 2.05) is 0 Å². The Balaban J connectivity index is 1.12. The number of hydrogen-bond acceptors (Lipinski definition) is 2. The molecule has 12 rings (SSSR count). The van der Waals surface area contributed by atoms with Gasteiger partial charge >= 0.3 is 0 Å². The maximum absolute atomic E-state index is 4.06. The van der Waals surface area contributed by atoms with Gasteiger partial charge in [0.1, 0.15) is 0 Å². The summed E-state index contributed by atoms with van der Waals surface area (Å²) in [7, 11) is 0. The van der Waals surface area contributed by atoms with Gasteiger partial charge in [-0.15, -0.1) is 0 Å². The van der Waals surface area contributed by atoms with E-state index in [2.05, 4.69) is 288 Å². The summed E-state index contributed by atoms with van der Waals surface area (Å²) in [5.41, 5.74) is 21.1. The van der Waals surface area contributed by atoms with Gasteiger partial charge in [-0.05, 0) is 87.5 Å². The molecule has 3 heteroatoms. The van der Waals surface area contributed by atoms with Crippen molar-refractivity contribution in [2.75, 3.05) is 10.6 Å². The van der Waals surface area contributed by atoms with E-state index in [9.17, 15) is 0 Å².